The van der Waals surface area contributed by atoms with E-state index < -0.39 is 0 Å². The largest absolute Gasteiger partial charge is 0.349 e. The Morgan fingerprint density at radius 3 is 2.82 bits per heavy atom. The fourth-order valence-corrected chi connectivity index (χ4v) is 3.86. The maximum Gasteiger partial charge on any atom is 0.260 e. The summed E-state index contributed by atoms with van der Waals surface area (Å²) >= 11 is 0. The maximum atomic E-state index is 13.0. The van der Waals surface area contributed by atoms with Gasteiger partial charge in [-0.25, -0.2) is 0 Å². The minimum atomic E-state index is -0.152. The number of amides is 1. The van der Waals surface area contributed by atoms with Crippen molar-refractivity contribution in [2.75, 3.05) is 0 Å². The Morgan fingerprint density at radius 1 is 1.25 bits per heavy atom. The zero-order valence-corrected chi connectivity index (χ0v) is 16.0. The van der Waals surface area contributed by atoms with Gasteiger partial charge in [0.25, 0.3) is 11.5 Å². The summed E-state index contributed by atoms with van der Waals surface area (Å²) in [4.78, 5) is 34.4. The van der Waals surface area contributed by atoms with Crippen molar-refractivity contribution in [2.24, 2.45) is 0 Å². The Labute approximate surface area is 163 Å². The Kier molecular flexibility index (Phi) is 5.19. The lowest BCUT2D eigenvalue weighted by atomic mass is 9.95. The molecule has 6 nitrogen and oxygen atoms in total. The van der Waals surface area contributed by atoms with Crippen molar-refractivity contribution in [3.63, 3.8) is 0 Å². The van der Waals surface area contributed by atoms with Crippen LogP contribution < -0.4 is 10.9 Å². The van der Waals surface area contributed by atoms with E-state index in [9.17, 15) is 9.59 Å². The lowest BCUT2D eigenvalue weighted by Crippen LogP contribution is -2.36. The number of hydrogen-bond donors (Lipinski definition) is 1. The zero-order valence-electron chi connectivity index (χ0n) is 16.0. The molecule has 0 bridgehead atoms. The van der Waals surface area contributed by atoms with Crippen molar-refractivity contribution in [3.05, 3.63) is 70.0 Å². The average molecular weight is 376 g/mol. The number of rotatable bonds is 4. The predicted molar refractivity (Wildman–Crippen MR) is 108 cm³/mol. The van der Waals surface area contributed by atoms with Crippen LogP contribution in [-0.4, -0.2) is 26.5 Å². The number of pyridine rings is 3. The van der Waals surface area contributed by atoms with Crippen molar-refractivity contribution >= 4 is 16.8 Å². The van der Waals surface area contributed by atoms with Crippen LogP contribution in [0.4, 0.5) is 0 Å². The smallest absolute Gasteiger partial charge is 0.260 e. The molecule has 0 unspecified atom stereocenters. The van der Waals surface area contributed by atoms with E-state index in [-0.39, 0.29) is 17.5 Å². The molecule has 0 spiro atoms. The second-order valence-electron chi connectivity index (χ2n) is 7.47. The van der Waals surface area contributed by atoms with Gasteiger partial charge < -0.3 is 9.88 Å². The fourth-order valence-electron chi connectivity index (χ4n) is 3.86. The van der Waals surface area contributed by atoms with Gasteiger partial charge in [-0.1, -0.05) is 25.3 Å². The Hall–Kier alpha value is -3.02. The molecule has 4 rings (SSSR count). The second-order valence-corrected chi connectivity index (χ2v) is 7.47. The van der Waals surface area contributed by atoms with E-state index in [0.717, 1.165) is 31.2 Å². The second kappa shape index (κ2) is 7.92. The molecule has 3 aromatic heterocycles. The van der Waals surface area contributed by atoms with E-state index in [1.807, 2.05) is 25.1 Å². The van der Waals surface area contributed by atoms with Gasteiger partial charge in [-0.05, 0) is 43.5 Å². The van der Waals surface area contributed by atoms with Gasteiger partial charge >= 0.3 is 0 Å². The average Bonchev–Trinajstić information content (AvgIpc) is 2.71. The third-order valence-electron chi connectivity index (χ3n) is 5.41. The molecule has 1 aliphatic rings. The number of hydrogen-bond acceptors (Lipinski definition) is 4. The molecule has 1 N–H and O–H groups in total. The number of aromatic nitrogens is 3. The van der Waals surface area contributed by atoms with Gasteiger partial charge in [-0.2, -0.15) is 0 Å². The van der Waals surface area contributed by atoms with Crippen molar-refractivity contribution in [2.45, 2.75) is 51.6 Å². The minimum Gasteiger partial charge on any atom is -0.349 e. The molecule has 0 saturated heterocycles. The van der Waals surface area contributed by atoms with Crippen LogP contribution in [-0.2, 0) is 6.54 Å². The van der Waals surface area contributed by atoms with Crippen LogP contribution in [0.1, 0.15) is 53.7 Å². The van der Waals surface area contributed by atoms with Crippen LogP contribution in [0.2, 0.25) is 0 Å². The maximum absolute atomic E-state index is 13.0. The van der Waals surface area contributed by atoms with Crippen LogP contribution >= 0.6 is 0 Å². The van der Waals surface area contributed by atoms with Gasteiger partial charge in [0.1, 0.15) is 0 Å². The molecule has 0 aliphatic heterocycles. The molecule has 0 radical (unpaired) electrons. The lowest BCUT2D eigenvalue weighted by Gasteiger charge is -2.23. The van der Waals surface area contributed by atoms with E-state index in [2.05, 4.69) is 15.3 Å². The summed E-state index contributed by atoms with van der Waals surface area (Å²) in [5.41, 5.74) is 2.53. The topological polar surface area (TPSA) is 76.9 Å². The molecule has 1 aliphatic carbocycles. The molecule has 1 fully saturated rings. The van der Waals surface area contributed by atoms with Gasteiger partial charge in [0, 0.05) is 24.6 Å². The van der Waals surface area contributed by atoms with E-state index in [0.29, 0.717) is 28.7 Å². The highest BCUT2D eigenvalue weighted by molar-refractivity contribution is 5.98. The number of fused-ring (bicyclic) bond motifs is 1. The summed E-state index contributed by atoms with van der Waals surface area (Å²) in [7, 11) is 0. The summed E-state index contributed by atoms with van der Waals surface area (Å²) in [5, 5.41) is 3.58. The lowest BCUT2D eigenvalue weighted by molar-refractivity contribution is 0.0927. The highest BCUT2D eigenvalue weighted by Crippen LogP contribution is 2.19. The molecule has 6 heteroatoms. The van der Waals surface area contributed by atoms with Gasteiger partial charge in [0.15, 0.2) is 0 Å². The van der Waals surface area contributed by atoms with Crippen LogP contribution in [0, 0.1) is 6.92 Å². The third kappa shape index (κ3) is 3.81. The fraction of sp³-hybridized carbons (Fsp3) is 0.364. The Balaban J connectivity index is 1.66. The molecule has 1 amide bonds. The highest BCUT2D eigenvalue weighted by Gasteiger charge is 2.19. The molecular formula is C22H24N4O2. The first kappa shape index (κ1) is 18.3. The minimum absolute atomic E-state index is 0.138. The molecule has 3 aromatic rings. The molecule has 1 saturated carbocycles. The van der Waals surface area contributed by atoms with Crippen LogP contribution in [0.15, 0.2) is 47.7 Å². The van der Waals surface area contributed by atoms with Crippen molar-refractivity contribution in [3.8, 4) is 0 Å². The Morgan fingerprint density at radius 2 is 2.07 bits per heavy atom. The summed E-state index contributed by atoms with van der Waals surface area (Å²) in [6.45, 7) is 2.25. The summed E-state index contributed by atoms with van der Waals surface area (Å²) < 4.78 is 1.62. The van der Waals surface area contributed by atoms with Crippen LogP contribution in [0.25, 0.3) is 10.9 Å². The molecule has 3 heterocycles. The number of nitrogens with zero attached hydrogens (tertiary/aromatic N) is 3. The molecule has 28 heavy (non-hydrogen) atoms. The summed E-state index contributed by atoms with van der Waals surface area (Å²) in [6, 6.07) is 7.51. The van der Waals surface area contributed by atoms with Crippen molar-refractivity contribution in [1.29, 1.82) is 0 Å². The van der Waals surface area contributed by atoms with Crippen LogP contribution in [0.3, 0.4) is 0 Å². The van der Waals surface area contributed by atoms with E-state index in [1.54, 1.807) is 29.2 Å². The van der Waals surface area contributed by atoms with E-state index >= 15 is 0 Å². The van der Waals surface area contributed by atoms with Crippen molar-refractivity contribution < 1.29 is 4.79 Å². The van der Waals surface area contributed by atoms with Gasteiger partial charge in [-0.3, -0.25) is 19.6 Å². The van der Waals surface area contributed by atoms with E-state index in [1.165, 1.54) is 6.42 Å². The van der Waals surface area contributed by atoms with Gasteiger partial charge in [0.05, 0.1) is 28.7 Å². The van der Waals surface area contributed by atoms with E-state index in [4.69, 9.17) is 0 Å². The number of carbonyl (C=O) groups is 1. The molecule has 0 atom stereocenters. The normalized spacial score (nSPS) is 14.9. The summed E-state index contributed by atoms with van der Waals surface area (Å²) in [5.74, 6) is -0.138. The van der Waals surface area contributed by atoms with Crippen LogP contribution in [0.5, 0.6) is 0 Å². The first-order valence-corrected chi connectivity index (χ1v) is 9.82. The van der Waals surface area contributed by atoms with Gasteiger partial charge in [-0.15, -0.1) is 0 Å². The number of carbonyl (C=O) groups excluding carboxylic acids is 1. The zero-order chi connectivity index (χ0) is 19.5. The highest BCUT2D eigenvalue weighted by atomic mass is 16.2. The SMILES string of the molecule is Cc1nc2ccn(Cc3cccnc3)c(=O)c2cc1C(=O)NC1CCCCC1. The summed E-state index contributed by atoms with van der Waals surface area (Å²) in [6.07, 6.45) is 10.8. The monoisotopic (exact) mass is 376 g/mol. The molecule has 144 valence electrons. The standard InChI is InChI=1S/C22H24N4O2/c1-15-18(21(27)25-17-7-3-2-4-8-17)12-19-20(24-15)9-11-26(22(19)28)14-16-6-5-10-23-13-16/h5-6,9-13,17H,2-4,7-8,14H2,1H3,(H,25,27). The Bertz CT molecular complexity index is 1050. The first-order chi connectivity index (χ1) is 13.6. The third-order valence-corrected chi connectivity index (χ3v) is 5.41. The van der Waals surface area contributed by atoms with Crippen molar-refractivity contribution in [1.82, 2.24) is 19.9 Å². The van der Waals surface area contributed by atoms with Gasteiger partial charge in [0.2, 0.25) is 0 Å². The molecular weight excluding hydrogens is 352 g/mol. The predicted octanol–water partition coefficient (Wildman–Crippen LogP) is 3.21. The number of aryl methyl sites for hydroxylation is 1. The first-order valence-electron chi connectivity index (χ1n) is 9.82. The number of nitrogens with one attached hydrogen (secondary N) is 1. The molecule has 0 aromatic carbocycles. The quantitative estimate of drug-likeness (QED) is 0.758.